The molecule has 2 aromatic heterocycles. The van der Waals surface area contributed by atoms with Crippen LogP contribution in [-0.4, -0.2) is 114 Å². The van der Waals surface area contributed by atoms with Crippen LogP contribution in [0.2, 0.25) is 10.6 Å². The number of nitrogens with two attached hydrogens (primary N) is 1. The van der Waals surface area contributed by atoms with Crippen molar-refractivity contribution in [1.29, 1.82) is 0 Å². The van der Waals surface area contributed by atoms with E-state index in [0.717, 1.165) is 90.2 Å². The molecule has 0 fully saturated rings. The first-order valence-electron chi connectivity index (χ1n) is 39.7. The molecule has 39 heteroatoms. The van der Waals surface area contributed by atoms with E-state index < -0.39 is 67.1 Å². The average Bonchev–Trinajstić information content (AvgIpc) is 1.29. The molecule has 0 radical (unpaired) electrons. The molecule has 0 saturated carbocycles. The lowest BCUT2D eigenvalue weighted by atomic mass is 10.1. The summed E-state index contributed by atoms with van der Waals surface area (Å²) < 4.78 is 173. The normalized spacial score (nSPS) is 13.3. The molecule has 0 saturated heterocycles. The average molecular weight is 2430 g/mol. The number of nitro benzene ring substituents is 1. The van der Waals surface area contributed by atoms with Gasteiger partial charge in [0.05, 0.1) is 46.5 Å². The number of rotatable bonds is 7. The number of nitrogens with one attached hydrogen (secondary N) is 1. The van der Waals surface area contributed by atoms with Gasteiger partial charge in [-0.1, -0.05) is 179 Å². The first-order chi connectivity index (χ1) is 59.1. The van der Waals surface area contributed by atoms with E-state index in [9.17, 15) is 66.1 Å². The molecule has 2 atom stereocenters. The summed E-state index contributed by atoms with van der Waals surface area (Å²) in [4.78, 5) is 27.3. The molecule has 0 bridgehead atoms. The molecule has 762 valence electrons. The summed E-state index contributed by atoms with van der Waals surface area (Å²) in [5.41, 5.74) is 16.1. The van der Waals surface area contributed by atoms with Crippen molar-refractivity contribution in [3.63, 3.8) is 0 Å². The highest BCUT2D eigenvalue weighted by Crippen LogP contribution is 2.42. The zero-order valence-corrected chi connectivity index (χ0v) is 89.0. The van der Waals surface area contributed by atoms with Gasteiger partial charge in [-0.2, -0.15) is 0 Å². The number of hydrogen-bond donors (Lipinski definition) is 2. The SMILES string of the molecule is C.C.C.C.C.C.C.C.CC(C)(C)S(=O)(=O)N1CCc2c(F)cc(Br)cc21.CC(C)(C)S(=O)Cl.CC(C)(C)S(=O)N1CCc2c(F)cc(Br)cc21.CC(C)N(C)C.Cc1c(F)cc(Br)cc1[N+](=O)[O-].Cc1cnc(Cl)nc1N.Cc1cnc(Cl)nc1Nc1cc(F)c2c(c1)N(S(=O)(=O)C(C)(C)C)CC2.Fc1cc(Br)cc2c1C=CC2.Fc1cc(Br)cc2c1C=CC2.Fc1cc(Br)cc2c1CCC2. The van der Waals surface area contributed by atoms with E-state index in [1.165, 1.54) is 63.6 Å². The van der Waals surface area contributed by atoms with Gasteiger partial charge in [-0.25, -0.2) is 75.9 Å². The number of allylic oxidation sites excluding steroid dienone is 2. The number of nitrogens with zero attached hydrogens (tertiary/aromatic N) is 9. The van der Waals surface area contributed by atoms with Gasteiger partial charge in [0.2, 0.25) is 30.6 Å². The molecule has 3 N–H and O–H groups in total. The Kier molecular flexibility index (Phi) is 56.5. The Hall–Kier alpha value is -6.00. The molecule has 3 aliphatic carbocycles. The number of fused-ring (bicyclic) bond motifs is 6. The van der Waals surface area contributed by atoms with E-state index in [1.54, 1.807) is 83.4 Å². The van der Waals surface area contributed by atoms with Crippen LogP contribution in [0.25, 0.3) is 12.2 Å². The lowest BCUT2D eigenvalue weighted by molar-refractivity contribution is -0.385. The maximum absolute atomic E-state index is 14.6. The zero-order valence-electron chi connectivity index (χ0n) is 74.0. The molecule has 5 heterocycles. The number of nitro groups is 1. The van der Waals surface area contributed by atoms with Crippen LogP contribution in [0.15, 0.2) is 136 Å². The molecule has 3 aliphatic heterocycles. The fraction of sp³-hybridized carbons (Fsp3) is 0.443. The first kappa shape index (κ1) is 134. The lowest BCUT2D eigenvalue weighted by Gasteiger charge is -2.28. The van der Waals surface area contributed by atoms with Crippen molar-refractivity contribution in [2.75, 3.05) is 57.7 Å². The summed E-state index contributed by atoms with van der Waals surface area (Å²) in [6.07, 6.45) is 16.9. The third kappa shape index (κ3) is 37.4. The van der Waals surface area contributed by atoms with Crippen LogP contribution in [0, 0.1) is 71.6 Å². The van der Waals surface area contributed by atoms with Crippen molar-refractivity contribution in [3.8, 4) is 0 Å². The molecule has 2 unspecified atom stereocenters. The number of halogens is 16. The number of aromatic nitrogens is 4. The van der Waals surface area contributed by atoms with Crippen LogP contribution >= 0.6 is 129 Å². The maximum Gasteiger partial charge on any atom is 0.276 e. The van der Waals surface area contributed by atoms with Crippen molar-refractivity contribution < 1.29 is 60.9 Å². The summed E-state index contributed by atoms with van der Waals surface area (Å²) in [6, 6.07) is 22.9. The van der Waals surface area contributed by atoms with Gasteiger partial charge >= 0.3 is 0 Å². The highest BCUT2D eigenvalue weighted by atomic mass is 79.9. The van der Waals surface area contributed by atoms with E-state index in [1.807, 2.05) is 97.0 Å². The molecule has 0 spiro atoms. The highest BCUT2D eigenvalue weighted by molar-refractivity contribution is 9.11. The number of aryl methyl sites for hydroxylation is 3. The summed E-state index contributed by atoms with van der Waals surface area (Å²) in [7, 11) is -0.0771. The smallest absolute Gasteiger partial charge is 0.276 e. The topological polar surface area (TPSA) is 248 Å². The molecular weight excluding hydrogens is 2290 g/mol. The van der Waals surface area contributed by atoms with E-state index in [2.05, 4.69) is 154 Å². The van der Waals surface area contributed by atoms with Gasteiger partial charge in [-0.3, -0.25) is 23.0 Å². The second kappa shape index (κ2) is 57.3. The number of sulfonamides is 2. The van der Waals surface area contributed by atoms with Gasteiger partial charge in [-0.05, 0) is 318 Å². The first-order valence-corrected chi connectivity index (χ1v) is 51.2. The van der Waals surface area contributed by atoms with Gasteiger partial charge in [-0.15, -0.1) is 0 Å². The second-order valence-electron chi connectivity index (χ2n) is 34.0. The summed E-state index contributed by atoms with van der Waals surface area (Å²) >= 11 is 30.5. The quantitative estimate of drug-likeness (QED) is 0.0495. The van der Waals surface area contributed by atoms with E-state index in [-0.39, 0.29) is 126 Å². The van der Waals surface area contributed by atoms with Crippen molar-refractivity contribution >= 4 is 223 Å². The Labute approximate surface area is 875 Å². The molecule has 7 aromatic carbocycles. The van der Waals surface area contributed by atoms with Gasteiger partial charge in [0.15, 0.2) is 0 Å². The Bertz CT molecular complexity index is 5810. The molecular formula is C97H135Br6Cl3F7N11O8S4. The molecule has 0 amide bonds. The van der Waals surface area contributed by atoms with Crippen LogP contribution in [0.5, 0.6) is 0 Å². The van der Waals surface area contributed by atoms with Crippen molar-refractivity contribution in [2.45, 2.75) is 254 Å². The predicted octanol–water partition coefficient (Wildman–Crippen LogP) is 31.3. The number of benzene rings is 7. The Morgan fingerprint density at radius 3 is 1.24 bits per heavy atom. The molecule has 15 rings (SSSR count). The Morgan fingerprint density at radius 1 is 0.493 bits per heavy atom. The minimum atomic E-state index is -3.62. The Balaban J connectivity index is -0.00000147. The third-order valence-electron chi connectivity index (χ3n) is 19.7. The van der Waals surface area contributed by atoms with Crippen LogP contribution in [0.3, 0.4) is 0 Å². The van der Waals surface area contributed by atoms with Gasteiger partial charge in [0.1, 0.15) is 73.4 Å². The third-order valence-corrected chi connectivity index (χ3v) is 32.0. The van der Waals surface area contributed by atoms with Crippen LogP contribution < -0.4 is 24.0 Å². The van der Waals surface area contributed by atoms with Crippen molar-refractivity contribution in [2.24, 2.45) is 0 Å². The van der Waals surface area contributed by atoms with Crippen LogP contribution in [0.4, 0.5) is 70.8 Å². The second-order valence-corrected chi connectivity index (χ2v) is 50.1. The maximum atomic E-state index is 14.6. The zero-order chi connectivity index (χ0) is 96.7. The van der Waals surface area contributed by atoms with Crippen molar-refractivity contribution in [1.82, 2.24) is 24.8 Å². The largest absolute Gasteiger partial charge is 0.383 e. The Morgan fingerprint density at radius 2 is 0.846 bits per heavy atom. The standard InChI is InChI=1S/C17H20ClFN4O2S.C12H15BrFNO2S.C12H15BrFNOS.C9H8BrF.2C9H6BrF.C7H5BrFNO2.C5H6ClN3.C5H13N.C4H9ClOS.8CH4/c1-10-9-20-16(18)22-15(10)21-11-7-13(19)12-5-6-23(14(12)8-11)26(24,25)17(2,3)4;1-12(2,3)18(16,17)15-5-4-9-10(14)6-8(13)7-11(9)15;1-12(2,3)17(16)15-5-4-9-10(14)6-8(13)7-11(9)15;3*10-7-4-6-2-1-3-8(6)9(11)5-7;1-4-6(9)2-5(8)3-7(4)10(11)12;1-3-2-8-5(6)9-4(3)7;1-5(2)6(3)4;1-4(2,3)7(5)6;;;;;;;;/h7-9H,5-6H2,1-4H3,(H,20,21,22);6-7H,4-5H2,1-3H3;6-7H,4-5H2,1-3H3;4-5H,1-3H2;2*1,3-5H,2H2;2-3H,1H3;2H,1H3,(H2,7,8,9);5H,1-4H3;1-3H3;8*1H4. The fourth-order valence-electron chi connectivity index (χ4n) is 12.1. The van der Waals surface area contributed by atoms with E-state index in [0.29, 0.717) is 97.2 Å². The molecule has 9 aromatic rings. The summed E-state index contributed by atoms with van der Waals surface area (Å²) in [5.74, 6) is -1.04. The number of anilines is 6. The summed E-state index contributed by atoms with van der Waals surface area (Å²) in [6.45, 7) is 31.6. The number of nitrogen functional groups attached to an aromatic ring is 1. The van der Waals surface area contributed by atoms with E-state index >= 15 is 0 Å². The van der Waals surface area contributed by atoms with Crippen molar-refractivity contribution in [3.05, 3.63) is 264 Å². The lowest BCUT2D eigenvalue weighted by Crippen LogP contribution is -2.42. The fourth-order valence-corrected chi connectivity index (χ4v) is 19.1. The minimum absolute atomic E-state index is 0. The van der Waals surface area contributed by atoms with Gasteiger partial charge in [0, 0.05) is 116 Å². The van der Waals surface area contributed by atoms with Crippen LogP contribution in [-0.2, 0) is 86.0 Å². The van der Waals surface area contributed by atoms with Gasteiger partial charge in [0.25, 0.3) is 5.69 Å². The van der Waals surface area contributed by atoms with Gasteiger partial charge < -0.3 is 16.0 Å². The summed E-state index contributed by atoms with van der Waals surface area (Å²) in [5, 5.41) is 13.6. The predicted molar refractivity (Wildman–Crippen MR) is 586 cm³/mol. The highest BCUT2D eigenvalue weighted by Gasteiger charge is 2.42. The number of hydrogen-bond acceptors (Lipinski definition) is 15. The molecule has 136 heavy (non-hydrogen) atoms. The minimum Gasteiger partial charge on any atom is -0.383 e. The monoisotopic (exact) mass is 2420 g/mol. The molecule has 19 nitrogen and oxygen atoms in total. The molecule has 6 aliphatic rings. The van der Waals surface area contributed by atoms with E-state index in [4.69, 9.17) is 39.6 Å². The van der Waals surface area contributed by atoms with Crippen LogP contribution in [0.1, 0.15) is 230 Å².